The normalized spacial score (nSPS) is 11.0. The van der Waals surface area contributed by atoms with Crippen molar-refractivity contribution in [3.05, 3.63) is 64.9 Å². The molecule has 29 heavy (non-hydrogen) atoms. The van der Waals surface area contributed by atoms with E-state index in [0.29, 0.717) is 30.0 Å². The van der Waals surface area contributed by atoms with Gasteiger partial charge in [0.15, 0.2) is 0 Å². The van der Waals surface area contributed by atoms with Crippen molar-refractivity contribution in [3.8, 4) is 0 Å². The molecule has 0 radical (unpaired) electrons. The quantitative estimate of drug-likeness (QED) is 0.447. The summed E-state index contributed by atoms with van der Waals surface area (Å²) in [5.74, 6) is 0.365. The minimum absolute atomic E-state index is 0.116. The lowest BCUT2D eigenvalue weighted by Gasteiger charge is -2.11. The van der Waals surface area contributed by atoms with Crippen LogP contribution in [0.2, 0.25) is 5.02 Å². The SMILES string of the molecule is CC(C)OC(=O)Cn1c(CCCNC(=O)c2ccc(Cl)cc2)nc2ccccc21. The van der Waals surface area contributed by atoms with Crippen LogP contribution in [0.4, 0.5) is 0 Å². The lowest BCUT2D eigenvalue weighted by molar-refractivity contribution is -0.148. The van der Waals surface area contributed by atoms with Gasteiger partial charge in [-0.3, -0.25) is 9.59 Å². The van der Waals surface area contributed by atoms with Crippen molar-refractivity contribution < 1.29 is 14.3 Å². The summed E-state index contributed by atoms with van der Waals surface area (Å²) < 4.78 is 7.18. The van der Waals surface area contributed by atoms with E-state index in [1.54, 1.807) is 24.3 Å². The van der Waals surface area contributed by atoms with Gasteiger partial charge in [0.2, 0.25) is 0 Å². The third kappa shape index (κ3) is 5.57. The molecule has 3 rings (SSSR count). The zero-order chi connectivity index (χ0) is 20.8. The smallest absolute Gasteiger partial charge is 0.326 e. The van der Waals surface area contributed by atoms with Crippen molar-refractivity contribution in [2.75, 3.05) is 6.54 Å². The third-order valence-electron chi connectivity index (χ3n) is 4.36. The molecule has 0 fully saturated rings. The van der Waals surface area contributed by atoms with Gasteiger partial charge in [0, 0.05) is 23.6 Å². The fourth-order valence-electron chi connectivity index (χ4n) is 3.07. The summed E-state index contributed by atoms with van der Waals surface area (Å²) in [5.41, 5.74) is 2.30. The molecule has 6 nitrogen and oxygen atoms in total. The minimum Gasteiger partial charge on any atom is -0.462 e. The molecule has 0 aliphatic rings. The number of halogens is 1. The predicted molar refractivity (Wildman–Crippen MR) is 113 cm³/mol. The average molecular weight is 414 g/mol. The van der Waals surface area contributed by atoms with E-state index >= 15 is 0 Å². The Bertz CT molecular complexity index is 996. The molecule has 152 valence electrons. The molecule has 0 spiro atoms. The molecule has 0 unspecified atom stereocenters. The molecule has 1 amide bonds. The van der Waals surface area contributed by atoms with Gasteiger partial charge < -0.3 is 14.6 Å². The fraction of sp³-hybridized carbons (Fsp3) is 0.318. The minimum atomic E-state index is -0.291. The molecule has 3 aromatic rings. The average Bonchev–Trinajstić information content (AvgIpc) is 3.02. The Morgan fingerprint density at radius 1 is 1.14 bits per heavy atom. The summed E-state index contributed by atoms with van der Waals surface area (Å²) in [6.45, 7) is 4.27. The number of para-hydroxylation sites is 2. The van der Waals surface area contributed by atoms with E-state index in [1.807, 2.05) is 42.7 Å². The molecule has 0 aliphatic heterocycles. The second-order valence-electron chi connectivity index (χ2n) is 7.01. The first-order chi connectivity index (χ1) is 13.9. The maximum Gasteiger partial charge on any atom is 0.326 e. The van der Waals surface area contributed by atoms with Crippen LogP contribution in [-0.4, -0.2) is 34.1 Å². The van der Waals surface area contributed by atoms with Gasteiger partial charge in [-0.05, 0) is 56.7 Å². The molecule has 2 aromatic carbocycles. The Morgan fingerprint density at radius 2 is 1.86 bits per heavy atom. The summed E-state index contributed by atoms with van der Waals surface area (Å²) >= 11 is 5.85. The Morgan fingerprint density at radius 3 is 2.59 bits per heavy atom. The van der Waals surface area contributed by atoms with Crippen molar-refractivity contribution in [2.45, 2.75) is 39.3 Å². The maximum atomic E-state index is 12.2. The van der Waals surface area contributed by atoms with E-state index < -0.39 is 0 Å². The molecule has 0 saturated carbocycles. The molecule has 0 atom stereocenters. The van der Waals surface area contributed by atoms with E-state index in [9.17, 15) is 9.59 Å². The van der Waals surface area contributed by atoms with E-state index in [4.69, 9.17) is 16.3 Å². The first-order valence-electron chi connectivity index (χ1n) is 9.61. The van der Waals surface area contributed by atoms with Gasteiger partial charge in [-0.1, -0.05) is 23.7 Å². The van der Waals surface area contributed by atoms with Crippen LogP contribution in [0.3, 0.4) is 0 Å². The first kappa shape index (κ1) is 20.9. The number of ether oxygens (including phenoxy) is 1. The number of hydrogen-bond acceptors (Lipinski definition) is 4. The number of imidazole rings is 1. The highest BCUT2D eigenvalue weighted by Crippen LogP contribution is 2.17. The number of aryl methyl sites for hydroxylation is 1. The number of hydrogen-bond donors (Lipinski definition) is 1. The number of nitrogens with zero attached hydrogens (tertiary/aromatic N) is 2. The number of rotatable bonds is 8. The Balaban J connectivity index is 1.63. The Hall–Kier alpha value is -2.86. The number of amides is 1. The number of nitrogens with one attached hydrogen (secondary N) is 1. The van der Waals surface area contributed by atoms with Gasteiger partial charge in [-0.15, -0.1) is 0 Å². The van der Waals surface area contributed by atoms with Gasteiger partial charge in [0.1, 0.15) is 12.4 Å². The summed E-state index contributed by atoms with van der Waals surface area (Å²) in [6.07, 6.45) is 1.16. The highest BCUT2D eigenvalue weighted by molar-refractivity contribution is 6.30. The van der Waals surface area contributed by atoms with Crippen LogP contribution in [-0.2, 0) is 22.5 Å². The van der Waals surface area contributed by atoms with Crippen LogP contribution in [0.15, 0.2) is 48.5 Å². The summed E-state index contributed by atoms with van der Waals surface area (Å²) in [4.78, 5) is 29.0. The van der Waals surface area contributed by atoms with Gasteiger partial charge in [0.05, 0.1) is 17.1 Å². The molecular formula is C22H24ClN3O3. The summed E-state index contributed by atoms with van der Waals surface area (Å²) in [7, 11) is 0. The predicted octanol–water partition coefficient (Wildman–Crippen LogP) is 4.00. The molecule has 1 heterocycles. The highest BCUT2D eigenvalue weighted by atomic mass is 35.5. The van der Waals surface area contributed by atoms with Crippen LogP contribution in [0.1, 0.15) is 36.5 Å². The lowest BCUT2D eigenvalue weighted by atomic mass is 10.2. The van der Waals surface area contributed by atoms with Crippen LogP contribution in [0.5, 0.6) is 0 Å². The van der Waals surface area contributed by atoms with Crippen LogP contribution in [0.25, 0.3) is 11.0 Å². The lowest BCUT2D eigenvalue weighted by Crippen LogP contribution is -2.25. The van der Waals surface area contributed by atoms with Gasteiger partial charge in [0.25, 0.3) is 5.91 Å². The number of carbonyl (C=O) groups is 2. The van der Waals surface area contributed by atoms with Crippen molar-refractivity contribution in [1.82, 2.24) is 14.9 Å². The summed E-state index contributed by atoms with van der Waals surface area (Å²) in [5, 5.41) is 3.49. The zero-order valence-corrected chi connectivity index (χ0v) is 17.3. The second kappa shape index (κ2) is 9.56. The van der Waals surface area contributed by atoms with Gasteiger partial charge >= 0.3 is 5.97 Å². The number of carbonyl (C=O) groups excluding carboxylic acids is 2. The standard InChI is InChI=1S/C22H24ClN3O3/c1-15(2)29-21(27)14-26-19-7-4-3-6-18(19)25-20(26)8-5-13-24-22(28)16-9-11-17(23)12-10-16/h3-4,6-7,9-12,15H,5,8,13-14H2,1-2H3,(H,24,28). The van der Waals surface area contributed by atoms with E-state index in [2.05, 4.69) is 10.3 Å². The largest absolute Gasteiger partial charge is 0.462 e. The van der Waals surface area contributed by atoms with E-state index in [0.717, 1.165) is 16.9 Å². The number of benzene rings is 2. The molecule has 0 aliphatic carbocycles. The van der Waals surface area contributed by atoms with Crippen molar-refractivity contribution in [3.63, 3.8) is 0 Å². The monoisotopic (exact) mass is 413 g/mol. The van der Waals surface area contributed by atoms with E-state index in [1.165, 1.54) is 0 Å². The third-order valence-corrected chi connectivity index (χ3v) is 4.61. The topological polar surface area (TPSA) is 73.2 Å². The first-order valence-corrected chi connectivity index (χ1v) is 9.99. The molecule has 1 N–H and O–H groups in total. The van der Waals surface area contributed by atoms with Crippen molar-refractivity contribution >= 4 is 34.5 Å². The van der Waals surface area contributed by atoms with Crippen molar-refractivity contribution in [2.24, 2.45) is 0 Å². The van der Waals surface area contributed by atoms with Crippen molar-refractivity contribution in [1.29, 1.82) is 0 Å². The Labute approximate surface area is 174 Å². The molecule has 0 bridgehead atoms. The number of fused-ring (bicyclic) bond motifs is 1. The molecule has 0 saturated heterocycles. The fourth-order valence-corrected chi connectivity index (χ4v) is 3.20. The molecule has 7 heteroatoms. The molecule has 1 aromatic heterocycles. The van der Waals surface area contributed by atoms with Crippen LogP contribution >= 0.6 is 11.6 Å². The maximum absolute atomic E-state index is 12.2. The Kier molecular flexibility index (Phi) is 6.88. The number of esters is 1. The zero-order valence-electron chi connectivity index (χ0n) is 16.5. The van der Waals surface area contributed by atoms with Gasteiger partial charge in [-0.2, -0.15) is 0 Å². The highest BCUT2D eigenvalue weighted by Gasteiger charge is 2.15. The van der Waals surface area contributed by atoms with Gasteiger partial charge in [-0.25, -0.2) is 4.98 Å². The molecular weight excluding hydrogens is 390 g/mol. The second-order valence-corrected chi connectivity index (χ2v) is 7.44. The van der Waals surface area contributed by atoms with E-state index in [-0.39, 0.29) is 24.5 Å². The van der Waals surface area contributed by atoms with Crippen LogP contribution in [0, 0.1) is 0 Å². The summed E-state index contributed by atoms with van der Waals surface area (Å²) in [6, 6.07) is 14.5. The number of aromatic nitrogens is 2. The van der Waals surface area contributed by atoms with Crippen LogP contribution < -0.4 is 5.32 Å².